The van der Waals surface area contributed by atoms with E-state index in [1.807, 2.05) is 0 Å². The van der Waals surface area contributed by atoms with Gasteiger partial charge in [-0.15, -0.1) is 0 Å². The van der Waals surface area contributed by atoms with Crippen LogP contribution >= 0.6 is 0 Å². The highest BCUT2D eigenvalue weighted by Crippen LogP contribution is 2.29. The van der Waals surface area contributed by atoms with Crippen molar-refractivity contribution in [3.8, 4) is 0 Å². The Morgan fingerprint density at radius 2 is 2.00 bits per heavy atom. The van der Waals surface area contributed by atoms with Crippen LogP contribution in [0, 0.1) is 21.7 Å². The standard InChI is InChI=1S/C12H14F2N2O3/c1-19-9-3-2-7(4-9)15-12-10(13)5-8(16(17)18)6-11(12)14/h5-7,9,15H,2-4H2,1H3. The maximum absolute atomic E-state index is 13.7. The Bertz CT molecular complexity index is 473. The number of rotatable bonds is 4. The summed E-state index contributed by atoms with van der Waals surface area (Å²) in [5.41, 5.74) is -0.908. The molecule has 2 rings (SSSR count). The van der Waals surface area contributed by atoms with Crippen LogP contribution < -0.4 is 5.32 Å². The lowest BCUT2D eigenvalue weighted by atomic mass is 10.2. The van der Waals surface area contributed by atoms with Gasteiger partial charge in [0.2, 0.25) is 0 Å². The number of nitrogens with zero attached hydrogens (tertiary/aromatic N) is 1. The molecule has 0 radical (unpaired) electrons. The molecule has 0 aliphatic heterocycles. The molecule has 5 nitrogen and oxygen atoms in total. The monoisotopic (exact) mass is 272 g/mol. The molecule has 7 heteroatoms. The van der Waals surface area contributed by atoms with E-state index in [0.717, 1.165) is 12.8 Å². The van der Waals surface area contributed by atoms with Crippen molar-refractivity contribution in [2.24, 2.45) is 0 Å². The number of anilines is 1. The zero-order chi connectivity index (χ0) is 14.0. The molecule has 1 saturated carbocycles. The minimum atomic E-state index is -0.951. The third-order valence-corrected chi connectivity index (χ3v) is 3.30. The van der Waals surface area contributed by atoms with Gasteiger partial charge in [-0.2, -0.15) is 0 Å². The van der Waals surface area contributed by atoms with Crippen LogP contribution in [0.15, 0.2) is 12.1 Å². The van der Waals surface area contributed by atoms with E-state index in [2.05, 4.69) is 5.32 Å². The molecule has 19 heavy (non-hydrogen) atoms. The second-order valence-corrected chi connectivity index (χ2v) is 4.55. The highest BCUT2D eigenvalue weighted by molar-refractivity contribution is 5.52. The zero-order valence-electron chi connectivity index (χ0n) is 10.4. The summed E-state index contributed by atoms with van der Waals surface area (Å²) in [5.74, 6) is -1.90. The van der Waals surface area contributed by atoms with Crippen molar-refractivity contribution in [2.45, 2.75) is 31.4 Å². The summed E-state index contributed by atoms with van der Waals surface area (Å²) in [7, 11) is 1.60. The van der Waals surface area contributed by atoms with E-state index in [4.69, 9.17) is 4.74 Å². The molecule has 1 aromatic rings. The summed E-state index contributed by atoms with van der Waals surface area (Å²) in [6, 6.07) is 1.35. The molecule has 104 valence electrons. The molecule has 0 heterocycles. The molecule has 2 unspecified atom stereocenters. The van der Waals surface area contributed by atoms with Crippen molar-refractivity contribution in [2.75, 3.05) is 12.4 Å². The normalized spacial score (nSPS) is 22.5. The van der Waals surface area contributed by atoms with E-state index >= 15 is 0 Å². The van der Waals surface area contributed by atoms with Gasteiger partial charge in [0.15, 0.2) is 11.6 Å². The molecule has 1 aromatic carbocycles. The van der Waals surface area contributed by atoms with E-state index in [9.17, 15) is 18.9 Å². The number of nitro groups is 1. The van der Waals surface area contributed by atoms with Gasteiger partial charge >= 0.3 is 0 Å². The molecule has 0 saturated heterocycles. The number of ether oxygens (including phenoxy) is 1. The van der Waals surface area contributed by atoms with Gasteiger partial charge in [-0.05, 0) is 19.3 Å². The van der Waals surface area contributed by atoms with Gasteiger partial charge in [0.25, 0.3) is 5.69 Å². The average Bonchev–Trinajstić information content (AvgIpc) is 2.81. The lowest BCUT2D eigenvalue weighted by Gasteiger charge is -2.15. The first-order chi connectivity index (χ1) is 9.01. The van der Waals surface area contributed by atoms with E-state index in [0.29, 0.717) is 18.6 Å². The molecule has 0 aromatic heterocycles. The van der Waals surface area contributed by atoms with Crippen molar-refractivity contribution in [3.05, 3.63) is 33.9 Å². The topological polar surface area (TPSA) is 64.4 Å². The number of nitrogens with one attached hydrogen (secondary N) is 1. The molecule has 2 atom stereocenters. The average molecular weight is 272 g/mol. The molecule has 1 aliphatic rings. The summed E-state index contributed by atoms with van der Waals surface area (Å²) in [6.45, 7) is 0. The second-order valence-electron chi connectivity index (χ2n) is 4.55. The van der Waals surface area contributed by atoms with Gasteiger partial charge in [-0.3, -0.25) is 10.1 Å². The second kappa shape index (κ2) is 5.48. The minimum absolute atomic E-state index is 0.0849. The Balaban J connectivity index is 2.15. The van der Waals surface area contributed by atoms with Crippen molar-refractivity contribution >= 4 is 11.4 Å². The number of benzene rings is 1. The first-order valence-electron chi connectivity index (χ1n) is 5.94. The predicted octanol–water partition coefficient (Wildman–Crippen LogP) is 2.85. The van der Waals surface area contributed by atoms with Crippen molar-refractivity contribution in [1.82, 2.24) is 0 Å². The third kappa shape index (κ3) is 2.98. The Hall–Kier alpha value is -1.76. The van der Waals surface area contributed by atoms with E-state index in [1.165, 1.54) is 0 Å². The van der Waals surface area contributed by atoms with Crippen LogP contribution in [0.25, 0.3) is 0 Å². The van der Waals surface area contributed by atoms with Crippen molar-refractivity contribution in [1.29, 1.82) is 0 Å². The highest BCUT2D eigenvalue weighted by atomic mass is 19.1. The maximum Gasteiger partial charge on any atom is 0.275 e. The number of nitro benzene ring substituents is 1. The van der Waals surface area contributed by atoms with Crippen LogP contribution in [0.1, 0.15) is 19.3 Å². The Morgan fingerprint density at radius 1 is 1.37 bits per heavy atom. The van der Waals surface area contributed by atoms with Crippen LogP contribution in [0.5, 0.6) is 0 Å². The molecular weight excluding hydrogens is 258 g/mol. The molecule has 0 bridgehead atoms. The SMILES string of the molecule is COC1CCC(Nc2c(F)cc([N+](=O)[O-])cc2F)C1. The summed E-state index contributed by atoms with van der Waals surface area (Å²) in [4.78, 5) is 9.65. The Morgan fingerprint density at radius 3 is 2.47 bits per heavy atom. The first-order valence-corrected chi connectivity index (χ1v) is 5.94. The quantitative estimate of drug-likeness (QED) is 0.676. The number of non-ortho nitro benzene ring substituents is 1. The van der Waals surface area contributed by atoms with Gasteiger partial charge in [0.1, 0.15) is 5.69 Å². The van der Waals surface area contributed by atoms with Crippen molar-refractivity contribution < 1.29 is 18.4 Å². The van der Waals surface area contributed by atoms with Crippen LogP contribution in [0.3, 0.4) is 0 Å². The smallest absolute Gasteiger partial charge is 0.275 e. The summed E-state index contributed by atoms with van der Waals surface area (Å²) in [6.07, 6.45) is 2.31. The van der Waals surface area contributed by atoms with E-state index in [1.54, 1.807) is 7.11 Å². The van der Waals surface area contributed by atoms with Crippen LogP contribution in [0.4, 0.5) is 20.2 Å². The lowest BCUT2D eigenvalue weighted by Crippen LogP contribution is -2.19. The van der Waals surface area contributed by atoms with E-state index in [-0.39, 0.29) is 17.8 Å². The summed E-state index contributed by atoms with van der Waals surface area (Å²) < 4.78 is 32.5. The van der Waals surface area contributed by atoms with Gasteiger partial charge in [-0.25, -0.2) is 8.78 Å². The third-order valence-electron chi connectivity index (χ3n) is 3.30. The van der Waals surface area contributed by atoms with Crippen LogP contribution in [-0.4, -0.2) is 24.2 Å². The van der Waals surface area contributed by atoms with E-state index < -0.39 is 22.2 Å². The molecule has 1 N–H and O–H groups in total. The van der Waals surface area contributed by atoms with Gasteiger partial charge < -0.3 is 10.1 Å². The Kier molecular flexibility index (Phi) is 3.94. The molecular formula is C12H14F2N2O3. The fourth-order valence-electron chi connectivity index (χ4n) is 2.29. The predicted molar refractivity (Wildman–Crippen MR) is 65.1 cm³/mol. The molecule has 1 aliphatic carbocycles. The largest absolute Gasteiger partial charge is 0.381 e. The van der Waals surface area contributed by atoms with Crippen LogP contribution in [0.2, 0.25) is 0 Å². The van der Waals surface area contributed by atoms with Crippen LogP contribution in [-0.2, 0) is 4.74 Å². The van der Waals surface area contributed by atoms with Gasteiger partial charge in [-0.1, -0.05) is 0 Å². The first kappa shape index (κ1) is 13.7. The highest BCUT2D eigenvalue weighted by Gasteiger charge is 2.26. The lowest BCUT2D eigenvalue weighted by molar-refractivity contribution is -0.385. The number of halogens is 2. The van der Waals surface area contributed by atoms with Gasteiger partial charge in [0, 0.05) is 13.2 Å². The number of methoxy groups -OCH3 is 1. The van der Waals surface area contributed by atoms with Crippen molar-refractivity contribution in [3.63, 3.8) is 0 Å². The minimum Gasteiger partial charge on any atom is -0.381 e. The number of hydrogen-bond donors (Lipinski definition) is 1. The summed E-state index contributed by atoms with van der Waals surface area (Å²) >= 11 is 0. The zero-order valence-corrected chi connectivity index (χ0v) is 10.4. The molecule has 1 fully saturated rings. The fourth-order valence-corrected chi connectivity index (χ4v) is 2.29. The number of hydrogen-bond acceptors (Lipinski definition) is 4. The molecule has 0 spiro atoms. The maximum atomic E-state index is 13.7. The Labute approximate surface area is 108 Å². The fraction of sp³-hybridized carbons (Fsp3) is 0.500. The molecule has 0 amide bonds. The summed E-state index contributed by atoms with van der Waals surface area (Å²) in [5, 5.41) is 13.2. The van der Waals surface area contributed by atoms with Gasteiger partial charge in [0.05, 0.1) is 23.2 Å².